The SMILES string of the molecule is CN(C(=O)[C@@H]1[C@@H](Cc2ccnc(N)c2)C(=O)N1C(=O)N[C@@H](C1CCCCC1)C(F)(F)F)c1cc(Cl)cc(Cl)c1. The Bertz CT molecular complexity index is 1240. The van der Waals surface area contributed by atoms with E-state index >= 15 is 0 Å². The molecular formula is C26H28Cl2F3N5O3. The number of pyridine rings is 1. The summed E-state index contributed by atoms with van der Waals surface area (Å²) in [5.74, 6) is -3.07. The summed E-state index contributed by atoms with van der Waals surface area (Å²) in [6.07, 6.45) is -0.544. The highest BCUT2D eigenvalue weighted by molar-refractivity contribution is 6.35. The van der Waals surface area contributed by atoms with Gasteiger partial charge in [-0.05, 0) is 61.1 Å². The normalized spacial score (nSPS) is 20.8. The number of benzene rings is 1. The van der Waals surface area contributed by atoms with Crippen LogP contribution in [0.1, 0.15) is 37.7 Å². The van der Waals surface area contributed by atoms with Crippen molar-refractivity contribution < 1.29 is 27.6 Å². The lowest BCUT2D eigenvalue weighted by Gasteiger charge is -2.46. The fraction of sp³-hybridized carbons (Fsp3) is 0.462. The van der Waals surface area contributed by atoms with Crippen molar-refractivity contribution in [2.24, 2.45) is 11.8 Å². The summed E-state index contributed by atoms with van der Waals surface area (Å²) in [6, 6.07) is 2.80. The van der Waals surface area contributed by atoms with Gasteiger partial charge in [0.05, 0.1) is 5.92 Å². The van der Waals surface area contributed by atoms with E-state index in [4.69, 9.17) is 28.9 Å². The second kappa shape index (κ2) is 11.6. The lowest BCUT2D eigenvalue weighted by atomic mass is 9.81. The van der Waals surface area contributed by atoms with Crippen molar-refractivity contribution in [3.05, 3.63) is 52.1 Å². The lowest BCUT2D eigenvalue weighted by Crippen LogP contribution is -2.71. The van der Waals surface area contributed by atoms with E-state index in [0.29, 0.717) is 41.8 Å². The zero-order valence-corrected chi connectivity index (χ0v) is 22.6. The number of hydrogen-bond acceptors (Lipinski definition) is 5. The number of amides is 4. The van der Waals surface area contributed by atoms with Crippen LogP contribution in [0.15, 0.2) is 36.5 Å². The number of rotatable bonds is 6. The van der Waals surface area contributed by atoms with E-state index in [1.165, 1.54) is 42.4 Å². The molecule has 4 rings (SSSR count). The molecule has 2 heterocycles. The van der Waals surface area contributed by atoms with Crippen molar-refractivity contribution in [1.29, 1.82) is 0 Å². The van der Waals surface area contributed by atoms with Gasteiger partial charge >= 0.3 is 12.2 Å². The van der Waals surface area contributed by atoms with Crippen molar-refractivity contribution >= 4 is 52.6 Å². The highest BCUT2D eigenvalue weighted by atomic mass is 35.5. The Balaban J connectivity index is 1.62. The quantitative estimate of drug-likeness (QED) is 0.451. The summed E-state index contributed by atoms with van der Waals surface area (Å²) < 4.78 is 42.0. The topological polar surface area (TPSA) is 109 Å². The number of alkyl halides is 3. The molecule has 39 heavy (non-hydrogen) atoms. The fourth-order valence-corrected chi connectivity index (χ4v) is 5.84. The maximum atomic E-state index is 14.0. The Hall–Kier alpha value is -3.05. The van der Waals surface area contributed by atoms with Gasteiger partial charge in [-0.1, -0.05) is 42.5 Å². The molecule has 210 valence electrons. The molecule has 0 radical (unpaired) electrons. The average Bonchev–Trinajstić information content (AvgIpc) is 2.87. The molecule has 1 aliphatic heterocycles. The molecule has 2 fully saturated rings. The standard InChI is InChI=1S/C26H28Cl2F3N5O3/c1-35(18-12-16(27)11-17(28)13-18)24(38)21-19(9-14-7-8-33-20(32)10-14)23(37)36(21)25(39)34-22(26(29,30)31)15-5-3-2-4-6-15/h7-8,10-13,15,19,21-22H,2-6,9H2,1H3,(H2,32,33)(H,34,39)/t19-,21+,22+/m1/s1. The number of aromatic nitrogens is 1. The second-order valence-corrected chi connectivity index (χ2v) is 10.8. The summed E-state index contributed by atoms with van der Waals surface area (Å²) >= 11 is 12.2. The van der Waals surface area contributed by atoms with Crippen molar-refractivity contribution in [2.45, 2.75) is 56.8 Å². The molecule has 1 saturated heterocycles. The number of carbonyl (C=O) groups excluding carboxylic acids is 3. The number of likely N-dealkylation sites (tertiary alicyclic amines) is 1. The lowest BCUT2D eigenvalue weighted by molar-refractivity contribution is -0.170. The maximum Gasteiger partial charge on any atom is 0.408 e. The molecule has 3 N–H and O–H groups in total. The number of nitrogen functional groups attached to an aromatic ring is 1. The highest BCUT2D eigenvalue weighted by Gasteiger charge is 2.57. The van der Waals surface area contributed by atoms with Gasteiger partial charge in [0.15, 0.2) is 0 Å². The Morgan fingerprint density at radius 2 is 1.79 bits per heavy atom. The first-order valence-corrected chi connectivity index (χ1v) is 13.3. The fourth-order valence-electron chi connectivity index (χ4n) is 5.33. The molecule has 1 aromatic carbocycles. The van der Waals surface area contributed by atoms with Crippen molar-refractivity contribution in [1.82, 2.24) is 15.2 Å². The summed E-state index contributed by atoms with van der Waals surface area (Å²) in [6.45, 7) is 0. The van der Waals surface area contributed by atoms with Crippen LogP contribution in [0.3, 0.4) is 0 Å². The van der Waals surface area contributed by atoms with Crippen LogP contribution in [0.5, 0.6) is 0 Å². The Morgan fingerprint density at radius 3 is 2.38 bits per heavy atom. The van der Waals surface area contributed by atoms with E-state index in [-0.39, 0.29) is 22.3 Å². The molecule has 2 aromatic rings. The number of carbonyl (C=O) groups is 3. The largest absolute Gasteiger partial charge is 0.408 e. The van der Waals surface area contributed by atoms with Gasteiger partial charge < -0.3 is 16.0 Å². The summed E-state index contributed by atoms with van der Waals surface area (Å²) in [5, 5.41) is 2.53. The highest BCUT2D eigenvalue weighted by Crippen LogP contribution is 2.37. The molecule has 1 aliphatic carbocycles. The minimum absolute atomic E-state index is 0.0290. The summed E-state index contributed by atoms with van der Waals surface area (Å²) in [7, 11) is 1.41. The third kappa shape index (κ3) is 6.41. The molecule has 1 aromatic heterocycles. The first-order chi connectivity index (χ1) is 18.4. The monoisotopic (exact) mass is 585 g/mol. The number of imide groups is 1. The number of urea groups is 1. The van der Waals surface area contributed by atoms with Gasteiger partial charge in [-0.3, -0.25) is 14.5 Å². The number of nitrogens with zero attached hydrogens (tertiary/aromatic N) is 3. The number of nitrogens with two attached hydrogens (primary N) is 1. The third-order valence-electron chi connectivity index (χ3n) is 7.30. The van der Waals surface area contributed by atoms with Crippen LogP contribution < -0.4 is 16.0 Å². The van der Waals surface area contributed by atoms with Crippen LogP contribution in [0.25, 0.3) is 0 Å². The van der Waals surface area contributed by atoms with Gasteiger partial charge in [-0.15, -0.1) is 0 Å². The van der Waals surface area contributed by atoms with Crippen molar-refractivity contribution in [2.75, 3.05) is 17.7 Å². The zero-order chi connectivity index (χ0) is 28.5. The van der Waals surface area contributed by atoms with Crippen LogP contribution in [-0.2, 0) is 16.0 Å². The van der Waals surface area contributed by atoms with Gasteiger partial charge in [-0.2, -0.15) is 13.2 Å². The van der Waals surface area contributed by atoms with E-state index in [1.54, 1.807) is 6.07 Å². The number of halogens is 5. The molecule has 0 bridgehead atoms. The van der Waals surface area contributed by atoms with Crippen LogP contribution in [0.2, 0.25) is 10.0 Å². The van der Waals surface area contributed by atoms with Crippen molar-refractivity contribution in [3.8, 4) is 0 Å². The van der Waals surface area contributed by atoms with Gasteiger partial charge in [0.1, 0.15) is 17.9 Å². The molecule has 4 amide bonds. The van der Waals surface area contributed by atoms with E-state index in [2.05, 4.69) is 4.98 Å². The molecule has 1 saturated carbocycles. The first kappa shape index (κ1) is 28.9. The van der Waals surface area contributed by atoms with Crippen LogP contribution in [0, 0.1) is 11.8 Å². The molecule has 13 heteroatoms. The number of anilines is 2. The van der Waals surface area contributed by atoms with Crippen molar-refractivity contribution in [3.63, 3.8) is 0 Å². The van der Waals surface area contributed by atoms with E-state index in [1.807, 2.05) is 5.32 Å². The number of hydrogen-bond donors (Lipinski definition) is 2. The minimum Gasteiger partial charge on any atom is -0.384 e. The molecular weight excluding hydrogens is 558 g/mol. The van der Waals surface area contributed by atoms with Gasteiger partial charge in [0, 0.05) is 29.0 Å². The molecule has 0 spiro atoms. The summed E-state index contributed by atoms with van der Waals surface area (Å²) in [4.78, 5) is 45.8. The predicted octanol–water partition coefficient (Wildman–Crippen LogP) is 5.22. The predicted molar refractivity (Wildman–Crippen MR) is 141 cm³/mol. The zero-order valence-electron chi connectivity index (χ0n) is 21.0. The first-order valence-electron chi connectivity index (χ1n) is 12.5. The van der Waals surface area contributed by atoms with Gasteiger partial charge in [0.25, 0.3) is 5.91 Å². The molecule has 3 atom stereocenters. The van der Waals surface area contributed by atoms with Gasteiger partial charge in [-0.25, -0.2) is 9.78 Å². The Morgan fingerprint density at radius 1 is 1.15 bits per heavy atom. The molecule has 0 unspecified atom stereocenters. The Kier molecular flexibility index (Phi) is 8.60. The van der Waals surface area contributed by atoms with E-state index in [9.17, 15) is 27.6 Å². The smallest absolute Gasteiger partial charge is 0.384 e. The number of likely N-dealkylation sites (N-methyl/N-ethyl adjacent to an activating group) is 1. The van der Waals surface area contributed by atoms with E-state index in [0.717, 1.165) is 6.42 Å². The molecule has 2 aliphatic rings. The van der Waals surface area contributed by atoms with Crippen LogP contribution in [-0.4, -0.2) is 53.0 Å². The Labute approximate surface area is 233 Å². The number of nitrogens with one attached hydrogen (secondary N) is 1. The second-order valence-electron chi connectivity index (χ2n) is 9.94. The average molecular weight is 586 g/mol. The van der Waals surface area contributed by atoms with Crippen LogP contribution in [0.4, 0.5) is 29.5 Å². The van der Waals surface area contributed by atoms with E-state index < -0.39 is 47.9 Å². The third-order valence-corrected chi connectivity index (χ3v) is 7.74. The van der Waals surface area contributed by atoms with Crippen LogP contribution >= 0.6 is 23.2 Å². The minimum atomic E-state index is -4.71. The van der Waals surface area contributed by atoms with Gasteiger partial charge in [0.2, 0.25) is 5.91 Å². The maximum absolute atomic E-state index is 14.0. The molecule has 8 nitrogen and oxygen atoms in total. The summed E-state index contributed by atoms with van der Waals surface area (Å²) in [5.41, 5.74) is 6.62. The number of β-lactam (4-membered cyclic amide) rings is 1.